The molecule has 0 saturated carbocycles. The predicted molar refractivity (Wildman–Crippen MR) is 69.3 cm³/mol. The fourth-order valence-corrected chi connectivity index (χ4v) is 2.04. The van der Waals surface area contributed by atoms with Gasteiger partial charge in [-0.05, 0) is 30.0 Å². The Morgan fingerprint density at radius 2 is 2.06 bits per heavy atom. The van der Waals surface area contributed by atoms with Crippen LogP contribution in [0.5, 0.6) is 0 Å². The molecule has 1 heterocycles. The van der Waals surface area contributed by atoms with E-state index in [1.54, 1.807) is 0 Å². The number of nitrogens with zero attached hydrogens (tertiary/aromatic N) is 1. The Bertz CT molecular complexity index is 297. The van der Waals surface area contributed by atoms with Gasteiger partial charge in [-0.15, -0.1) is 0 Å². The van der Waals surface area contributed by atoms with E-state index in [4.69, 9.17) is 5.73 Å². The zero-order valence-electron chi connectivity index (χ0n) is 10.6. The van der Waals surface area contributed by atoms with Gasteiger partial charge in [0.15, 0.2) is 0 Å². The Balaban J connectivity index is 2.48. The number of aryl methyl sites for hydroxylation is 1. The molecule has 0 aliphatic rings. The van der Waals surface area contributed by atoms with Crippen LogP contribution >= 0.6 is 0 Å². The quantitative estimate of drug-likeness (QED) is 0.713. The van der Waals surface area contributed by atoms with Crippen LogP contribution < -0.4 is 5.73 Å². The third-order valence-electron chi connectivity index (χ3n) is 3.09. The number of hydrogen-bond acceptors (Lipinski definition) is 2. The molecular formula is C14H24N2. The minimum atomic E-state index is 0.190. The van der Waals surface area contributed by atoms with Gasteiger partial charge in [-0.3, -0.25) is 4.98 Å². The highest BCUT2D eigenvalue weighted by atomic mass is 14.7. The highest BCUT2D eigenvalue weighted by Gasteiger charge is 2.09. The molecule has 2 nitrogen and oxygen atoms in total. The second kappa shape index (κ2) is 7.39. The summed E-state index contributed by atoms with van der Waals surface area (Å²) in [6, 6.07) is 2.26. The van der Waals surface area contributed by atoms with E-state index in [1.807, 2.05) is 12.4 Å². The third-order valence-corrected chi connectivity index (χ3v) is 3.09. The van der Waals surface area contributed by atoms with Crippen LogP contribution in [0.25, 0.3) is 0 Å². The second-order valence-corrected chi connectivity index (χ2v) is 4.38. The maximum Gasteiger partial charge on any atom is 0.0303 e. The second-order valence-electron chi connectivity index (χ2n) is 4.38. The first-order valence-electron chi connectivity index (χ1n) is 6.48. The fraction of sp³-hybridized carbons (Fsp3) is 0.643. The maximum atomic E-state index is 6.23. The number of pyridine rings is 1. The van der Waals surface area contributed by atoms with E-state index < -0.39 is 0 Å². The number of rotatable bonds is 7. The van der Waals surface area contributed by atoms with Crippen molar-refractivity contribution >= 4 is 0 Å². The Labute approximate surface area is 99.3 Å². The van der Waals surface area contributed by atoms with Crippen LogP contribution in [0.3, 0.4) is 0 Å². The Kier molecular flexibility index (Phi) is 6.09. The molecule has 16 heavy (non-hydrogen) atoms. The molecule has 1 aromatic rings. The molecule has 0 aromatic carbocycles. The highest BCUT2D eigenvalue weighted by Crippen LogP contribution is 2.20. The van der Waals surface area contributed by atoms with Crippen molar-refractivity contribution < 1.29 is 0 Å². The Morgan fingerprint density at radius 3 is 2.75 bits per heavy atom. The smallest absolute Gasteiger partial charge is 0.0303 e. The van der Waals surface area contributed by atoms with Crippen LogP contribution in [0.1, 0.15) is 63.1 Å². The molecule has 90 valence electrons. The molecule has 1 unspecified atom stereocenters. The molecule has 2 heteroatoms. The van der Waals surface area contributed by atoms with Gasteiger partial charge in [0.2, 0.25) is 0 Å². The molecule has 0 radical (unpaired) electrons. The van der Waals surface area contributed by atoms with Gasteiger partial charge in [-0.25, -0.2) is 0 Å². The van der Waals surface area contributed by atoms with E-state index in [9.17, 15) is 0 Å². The van der Waals surface area contributed by atoms with Crippen LogP contribution in [0.4, 0.5) is 0 Å². The zero-order chi connectivity index (χ0) is 11.8. The van der Waals surface area contributed by atoms with Crippen molar-refractivity contribution in [3.63, 3.8) is 0 Å². The molecule has 0 aliphatic carbocycles. The summed E-state index contributed by atoms with van der Waals surface area (Å²) < 4.78 is 0. The third kappa shape index (κ3) is 3.93. The van der Waals surface area contributed by atoms with Crippen LogP contribution in [0, 0.1) is 0 Å². The van der Waals surface area contributed by atoms with Crippen molar-refractivity contribution in [3.05, 3.63) is 29.6 Å². The topological polar surface area (TPSA) is 38.9 Å². The molecule has 1 aromatic heterocycles. The maximum absolute atomic E-state index is 6.23. The molecular weight excluding hydrogens is 196 g/mol. The average Bonchev–Trinajstić information content (AvgIpc) is 2.34. The highest BCUT2D eigenvalue weighted by molar-refractivity contribution is 5.26. The minimum absolute atomic E-state index is 0.190. The largest absolute Gasteiger partial charge is 0.324 e. The van der Waals surface area contributed by atoms with Gasteiger partial charge in [0.05, 0.1) is 0 Å². The summed E-state index contributed by atoms with van der Waals surface area (Å²) in [4.78, 5) is 4.15. The van der Waals surface area contributed by atoms with Crippen molar-refractivity contribution in [1.29, 1.82) is 0 Å². The summed E-state index contributed by atoms with van der Waals surface area (Å²) in [7, 11) is 0. The van der Waals surface area contributed by atoms with Crippen molar-refractivity contribution in [3.8, 4) is 0 Å². The molecule has 1 atom stereocenters. The summed E-state index contributed by atoms with van der Waals surface area (Å²) in [5.74, 6) is 0. The van der Waals surface area contributed by atoms with E-state index in [1.165, 1.54) is 36.8 Å². The number of aromatic nitrogens is 1. The number of unbranched alkanes of at least 4 members (excludes halogenated alkanes) is 3. The fourth-order valence-electron chi connectivity index (χ4n) is 2.04. The Hall–Kier alpha value is -0.890. The lowest BCUT2D eigenvalue weighted by Crippen LogP contribution is -2.12. The van der Waals surface area contributed by atoms with Crippen LogP contribution in [0.2, 0.25) is 0 Å². The summed E-state index contributed by atoms with van der Waals surface area (Å²) in [6.45, 7) is 4.39. The molecule has 0 bridgehead atoms. The van der Waals surface area contributed by atoms with E-state index in [-0.39, 0.29) is 6.04 Å². The average molecular weight is 220 g/mol. The monoisotopic (exact) mass is 220 g/mol. The van der Waals surface area contributed by atoms with E-state index in [0.29, 0.717) is 0 Å². The van der Waals surface area contributed by atoms with Gasteiger partial charge in [-0.1, -0.05) is 39.5 Å². The molecule has 0 saturated heterocycles. The lowest BCUT2D eigenvalue weighted by Gasteiger charge is -2.15. The number of hydrogen-bond donors (Lipinski definition) is 1. The first-order chi connectivity index (χ1) is 7.79. The molecule has 0 fully saturated rings. The minimum Gasteiger partial charge on any atom is -0.324 e. The normalized spacial score (nSPS) is 12.7. The van der Waals surface area contributed by atoms with Gasteiger partial charge < -0.3 is 5.73 Å². The summed E-state index contributed by atoms with van der Waals surface area (Å²) in [5.41, 5.74) is 8.81. The van der Waals surface area contributed by atoms with Crippen molar-refractivity contribution in [2.75, 3.05) is 0 Å². The SMILES string of the molecule is CCCCCCC(N)c1ccncc1CC. The summed E-state index contributed by atoms with van der Waals surface area (Å²) in [6.07, 6.45) is 11.1. The van der Waals surface area contributed by atoms with Gasteiger partial charge >= 0.3 is 0 Å². The van der Waals surface area contributed by atoms with E-state index in [0.717, 1.165) is 12.8 Å². The van der Waals surface area contributed by atoms with E-state index in [2.05, 4.69) is 24.9 Å². The first-order valence-corrected chi connectivity index (χ1v) is 6.48. The van der Waals surface area contributed by atoms with Gasteiger partial charge in [0, 0.05) is 18.4 Å². The zero-order valence-corrected chi connectivity index (χ0v) is 10.6. The van der Waals surface area contributed by atoms with Crippen LogP contribution in [-0.4, -0.2) is 4.98 Å². The van der Waals surface area contributed by atoms with E-state index >= 15 is 0 Å². The molecule has 0 aliphatic heterocycles. The van der Waals surface area contributed by atoms with Crippen molar-refractivity contribution in [1.82, 2.24) is 4.98 Å². The summed E-state index contributed by atoms with van der Waals surface area (Å²) in [5, 5.41) is 0. The number of nitrogens with two attached hydrogens (primary N) is 1. The van der Waals surface area contributed by atoms with Gasteiger partial charge in [-0.2, -0.15) is 0 Å². The molecule has 1 rings (SSSR count). The lowest BCUT2D eigenvalue weighted by molar-refractivity contribution is 0.563. The van der Waals surface area contributed by atoms with Crippen LogP contribution in [-0.2, 0) is 6.42 Å². The van der Waals surface area contributed by atoms with Crippen molar-refractivity contribution in [2.24, 2.45) is 5.73 Å². The predicted octanol–water partition coefficient (Wildman–Crippen LogP) is 3.61. The van der Waals surface area contributed by atoms with Gasteiger partial charge in [0.1, 0.15) is 0 Å². The van der Waals surface area contributed by atoms with Crippen LogP contribution in [0.15, 0.2) is 18.5 Å². The molecule has 0 amide bonds. The lowest BCUT2D eigenvalue weighted by atomic mass is 9.97. The molecule has 0 spiro atoms. The standard InChI is InChI=1S/C14H24N2/c1-3-5-6-7-8-14(15)13-9-10-16-11-12(13)4-2/h9-11,14H,3-8,15H2,1-2H3. The van der Waals surface area contributed by atoms with Gasteiger partial charge in [0.25, 0.3) is 0 Å². The Morgan fingerprint density at radius 1 is 1.25 bits per heavy atom. The first kappa shape index (κ1) is 13.2. The summed E-state index contributed by atoms with van der Waals surface area (Å²) >= 11 is 0. The van der Waals surface area contributed by atoms with Crippen molar-refractivity contribution in [2.45, 2.75) is 58.4 Å². The molecule has 2 N–H and O–H groups in total.